The van der Waals surface area contributed by atoms with Crippen molar-refractivity contribution < 1.29 is 26.4 Å². The fourth-order valence-corrected chi connectivity index (χ4v) is 7.77. The molecule has 2 aliphatic carbocycles. The molecule has 0 saturated heterocycles. The zero-order chi connectivity index (χ0) is 25.4. The van der Waals surface area contributed by atoms with Crippen molar-refractivity contribution in [3.8, 4) is 11.1 Å². The van der Waals surface area contributed by atoms with E-state index in [0.717, 1.165) is 12.0 Å². The van der Waals surface area contributed by atoms with Gasteiger partial charge in [-0.1, -0.05) is 48.7 Å². The van der Waals surface area contributed by atoms with E-state index in [1.54, 1.807) is 37.4 Å². The molecule has 0 heterocycles. The van der Waals surface area contributed by atoms with E-state index in [0.29, 0.717) is 24.8 Å². The summed E-state index contributed by atoms with van der Waals surface area (Å²) in [6.45, 7) is 1.82. The first kappa shape index (κ1) is 25.7. The van der Waals surface area contributed by atoms with Crippen molar-refractivity contribution in [3.05, 3.63) is 53.8 Å². The minimum Gasteiger partial charge on any atom is -0.342 e. The molecule has 0 unspecified atom stereocenters. The number of nitrogens with zero attached hydrogens (tertiary/aromatic N) is 1. The second kappa shape index (κ2) is 9.96. The molecule has 0 radical (unpaired) electrons. The maximum absolute atomic E-state index is 14.7. The smallest absolute Gasteiger partial charge is 0.248 e. The van der Waals surface area contributed by atoms with E-state index in [1.807, 2.05) is 6.92 Å². The lowest BCUT2D eigenvalue weighted by atomic mass is 9.86. The monoisotopic (exact) mass is 507 g/mol. The van der Waals surface area contributed by atoms with Crippen LogP contribution in [-0.2, 0) is 14.6 Å². The molecule has 190 valence electrons. The summed E-state index contributed by atoms with van der Waals surface area (Å²) in [7, 11) is -2.38. The van der Waals surface area contributed by atoms with Gasteiger partial charge in [0.1, 0.15) is 5.82 Å². The van der Waals surface area contributed by atoms with Gasteiger partial charge in [0.2, 0.25) is 11.8 Å². The van der Waals surface area contributed by atoms with Crippen LogP contribution in [0.2, 0.25) is 0 Å². The SMILES string of the molecule is Cc1ccc(S(=O)(=O)[C@H]2CCCC[C@@H]2C(=O)N(C)C2CCC(F)(F)CC2)c(-c2ccccc2F)c1. The van der Waals surface area contributed by atoms with Gasteiger partial charge in [-0.3, -0.25) is 4.79 Å². The molecule has 2 saturated carbocycles. The average Bonchev–Trinajstić information content (AvgIpc) is 2.83. The number of hydrogen-bond donors (Lipinski definition) is 0. The highest BCUT2D eigenvalue weighted by Crippen LogP contribution is 2.40. The fraction of sp³-hybridized carbons (Fsp3) is 0.519. The van der Waals surface area contributed by atoms with Crippen molar-refractivity contribution in [2.45, 2.75) is 80.4 Å². The molecule has 2 aromatic rings. The van der Waals surface area contributed by atoms with Crippen molar-refractivity contribution in [1.29, 1.82) is 0 Å². The van der Waals surface area contributed by atoms with Gasteiger partial charge in [0, 0.05) is 37.1 Å². The Morgan fingerprint density at radius 3 is 2.31 bits per heavy atom. The highest BCUT2D eigenvalue weighted by Gasteiger charge is 2.44. The molecule has 4 nitrogen and oxygen atoms in total. The molecule has 35 heavy (non-hydrogen) atoms. The molecular formula is C27H32F3NO3S. The van der Waals surface area contributed by atoms with E-state index in [1.165, 1.54) is 17.0 Å². The number of sulfone groups is 1. The number of hydrogen-bond acceptors (Lipinski definition) is 3. The van der Waals surface area contributed by atoms with E-state index in [-0.39, 0.29) is 48.1 Å². The second-order valence-electron chi connectivity index (χ2n) is 9.99. The lowest BCUT2D eigenvalue weighted by molar-refractivity contribution is -0.140. The maximum Gasteiger partial charge on any atom is 0.248 e. The van der Waals surface area contributed by atoms with Crippen molar-refractivity contribution >= 4 is 15.7 Å². The third kappa shape index (κ3) is 5.27. The zero-order valence-corrected chi connectivity index (χ0v) is 21.0. The van der Waals surface area contributed by atoms with Gasteiger partial charge < -0.3 is 4.90 Å². The Labute approximate surface area is 205 Å². The number of alkyl halides is 2. The van der Waals surface area contributed by atoms with Gasteiger partial charge >= 0.3 is 0 Å². The van der Waals surface area contributed by atoms with Crippen LogP contribution in [0.4, 0.5) is 13.2 Å². The molecule has 2 aromatic carbocycles. The van der Waals surface area contributed by atoms with Gasteiger partial charge in [0.15, 0.2) is 9.84 Å². The van der Waals surface area contributed by atoms with Crippen LogP contribution >= 0.6 is 0 Å². The Balaban J connectivity index is 1.67. The third-order valence-corrected chi connectivity index (χ3v) is 9.94. The molecule has 0 bridgehead atoms. The maximum atomic E-state index is 14.7. The number of halogens is 3. The topological polar surface area (TPSA) is 54.5 Å². The van der Waals surface area contributed by atoms with Gasteiger partial charge in [0.25, 0.3) is 0 Å². The Hall–Kier alpha value is -2.35. The molecule has 2 atom stereocenters. The van der Waals surface area contributed by atoms with Crippen LogP contribution in [0.1, 0.15) is 56.9 Å². The van der Waals surface area contributed by atoms with E-state index in [4.69, 9.17) is 0 Å². The van der Waals surface area contributed by atoms with Crippen LogP contribution in [0.25, 0.3) is 11.1 Å². The van der Waals surface area contributed by atoms with Crippen LogP contribution in [0.5, 0.6) is 0 Å². The third-order valence-electron chi connectivity index (χ3n) is 7.61. The summed E-state index contributed by atoms with van der Waals surface area (Å²) in [6, 6.07) is 10.6. The van der Waals surface area contributed by atoms with Gasteiger partial charge in [0.05, 0.1) is 16.1 Å². The number of benzene rings is 2. The molecule has 2 aliphatic rings. The van der Waals surface area contributed by atoms with Gasteiger partial charge in [-0.05, 0) is 44.7 Å². The van der Waals surface area contributed by atoms with E-state index in [2.05, 4.69) is 0 Å². The predicted octanol–water partition coefficient (Wildman–Crippen LogP) is 6.17. The minimum atomic E-state index is -3.99. The first-order valence-electron chi connectivity index (χ1n) is 12.3. The summed E-state index contributed by atoms with van der Waals surface area (Å²) >= 11 is 0. The first-order chi connectivity index (χ1) is 16.5. The molecule has 2 fully saturated rings. The van der Waals surface area contributed by atoms with Crippen LogP contribution in [0, 0.1) is 18.7 Å². The number of carbonyl (C=O) groups excluding carboxylic acids is 1. The standard InChI is InChI=1S/C27H32F3NO3S/c1-18-11-12-25(22(17-18)20-7-3-5-9-23(20)28)35(33,34)24-10-6-4-8-21(24)26(32)31(2)19-13-15-27(29,30)16-14-19/h3,5,7,9,11-12,17,19,21,24H,4,6,8,10,13-16H2,1-2H3/t21-,24-/m0/s1. The molecular weight excluding hydrogens is 475 g/mol. The Bertz CT molecular complexity index is 1190. The zero-order valence-electron chi connectivity index (χ0n) is 20.1. The van der Waals surface area contributed by atoms with Crippen LogP contribution in [0.3, 0.4) is 0 Å². The summed E-state index contributed by atoms with van der Waals surface area (Å²) in [5.41, 5.74) is 1.30. The lowest BCUT2D eigenvalue weighted by Crippen LogP contribution is -2.48. The van der Waals surface area contributed by atoms with Crippen molar-refractivity contribution in [2.24, 2.45) is 5.92 Å². The van der Waals surface area contributed by atoms with Gasteiger partial charge in [-0.25, -0.2) is 21.6 Å². The first-order valence-corrected chi connectivity index (χ1v) is 13.8. The summed E-state index contributed by atoms with van der Waals surface area (Å²) < 4.78 is 70.0. The largest absolute Gasteiger partial charge is 0.342 e. The molecule has 0 N–H and O–H groups in total. The van der Waals surface area contributed by atoms with E-state index in [9.17, 15) is 26.4 Å². The molecule has 0 aliphatic heterocycles. The van der Waals surface area contributed by atoms with Crippen molar-refractivity contribution in [1.82, 2.24) is 4.90 Å². The molecule has 1 amide bonds. The number of amides is 1. The number of aryl methyl sites for hydroxylation is 1. The fourth-order valence-electron chi connectivity index (χ4n) is 5.55. The molecule has 0 spiro atoms. The summed E-state index contributed by atoms with van der Waals surface area (Å²) in [4.78, 5) is 15.1. The summed E-state index contributed by atoms with van der Waals surface area (Å²) in [6.07, 6.45) is 2.04. The lowest BCUT2D eigenvalue weighted by Gasteiger charge is -2.39. The second-order valence-corrected chi connectivity index (χ2v) is 12.1. The highest BCUT2D eigenvalue weighted by atomic mass is 32.2. The van der Waals surface area contributed by atoms with Gasteiger partial charge in [-0.2, -0.15) is 0 Å². The Morgan fingerprint density at radius 1 is 0.971 bits per heavy atom. The van der Waals surface area contributed by atoms with Crippen molar-refractivity contribution in [2.75, 3.05) is 7.05 Å². The van der Waals surface area contributed by atoms with Crippen LogP contribution in [0.15, 0.2) is 47.4 Å². The van der Waals surface area contributed by atoms with E-state index < -0.39 is 32.7 Å². The number of carbonyl (C=O) groups is 1. The normalized spacial score (nSPS) is 23.1. The summed E-state index contributed by atoms with van der Waals surface area (Å²) in [5, 5.41) is -0.940. The quantitative estimate of drug-likeness (QED) is 0.486. The summed E-state index contributed by atoms with van der Waals surface area (Å²) in [5.74, 6) is -4.27. The average molecular weight is 508 g/mol. The molecule has 0 aromatic heterocycles. The van der Waals surface area contributed by atoms with Gasteiger partial charge in [-0.15, -0.1) is 0 Å². The molecule has 8 heteroatoms. The van der Waals surface area contributed by atoms with E-state index >= 15 is 0 Å². The van der Waals surface area contributed by atoms with Crippen LogP contribution in [-0.4, -0.2) is 43.5 Å². The predicted molar refractivity (Wildman–Crippen MR) is 129 cm³/mol. The van der Waals surface area contributed by atoms with Crippen molar-refractivity contribution in [3.63, 3.8) is 0 Å². The Morgan fingerprint density at radius 2 is 1.63 bits per heavy atom. The molecule has 4 rings (SSSR count). The highest BCUT2D eigenvalue weighted by molar-refractivity contribution is 7.92. The minimum absolute atomic E-state index is 0.0258. The Kier molecular flexibility index (Phi) is 7.32. The number of rotatable bonds is 5. The van der Waals surface area contributed by atoms with Crippen LogP contribution < -0.4 is 0 Å².